The first-order valence-electron chi connectivity index (χ1n) is 7.53. The standard InChI is InChI=1S/C17H15Cl2NO4S2/c1-10-5-17(13(19)7-12(10)18)26(22,23)20-8-14(21)16-6-11(9-25-16)15-3-2-4-24-15/h2-7,9,14,20-21H,8H2,1H3. The van der Waals surface area contributed by atoms with Crippen molar-refractivity contribution < 1.29 is 17.9 Å². The SMILES string of the molecule is Cc1cc(S(=O)(=O)NCC(O)c2cc(-c3ccco3)cs2)c(Cl)cc1Cl. The Morgan fingerprint density at radius 2 is 2.04 bits per heavy atom. The summed E-state index contributed by atoms with van der Waals surface area (Å²) in [6, 6.07) is 8.14. The van der Waals surface area contributed by atoms with Gasteiger partial charge in [0.1, 0.15) is 16.8 Å². The molecule has 2 heterocycles. The molecule has 2 aromatic heterocycles. The number of sulfonamides is 1. The molecule has 0 saturated heterocycles. The van der Waals surface area contributed by atoms with Crippen LogP contribution < -0.4 is 4.72 Å². The zero-order chi connectivity index (χ0) is 18.9. The number of hydrogen-bond donors (Lipinski definition) is 2. The average molecular weight is 432 g/mol. The molecule has 3 aromatic rings. The maximum Gasteiger partial charge on any atom is 0.242 e. The minimum absolute atomic E-state index is 0.0267. The number of furan rings is 1. The summed E-state index contributed by atoms with van der Waals surface area (Å²) in [6.45, 7) is 1.51. The van der Waals surface area contributed by atoms with Crippen LogP contribution in [-0.2, 0) is 10.0 Å². The van der Waals surface area contributed by atoms with Crippen molar-refractivity contribution in [2.24, 2.45) is 0 Å². The lowest BCUT2D eigenvalue weighted by Gasteiger charge is -2.13. The first kappa shape index (κ1) is 19.4. The molecule has 0 aliphatic heterocycles. The summed E-state index contributed by atoms with van der Waals surface area (Å²) in [5, 5.41) is 12.6. The normalized spacial score (nSPS) is 13.1. The summed E-state index contributed by atoms with van der Waals surface area (Å²) in [4.78, 5) is 0.549. The molecular formula is C17H15Cl2NO4S2. The van der Waals surface area contributed by atoms with Crippen molar-refractivity contribution in [2.45, 2.75) is 17.9 Å². The highest BCUT2D eigenvalue weighted by atomic mass is 35.5. The third-order valence-electron chi connectivity index (χ3n) is 3.72. The fourth-order valence-corrected chi connectivity index (χ4v) is 5.05. The van der Waals surface area contributed by atoms with Gasteiger partial charge < -0.3 is 9.52 Å². The van der Waals surface area contributed by atoms with Crippen LogP contribution in [0.3, 0.4) is 0 Å². The van der Waals surface area contributed by atoms with E-state index >= 15 is 0 Å². The molecule has 0 spiro atoms. The molecule has 0 bridgehead atoms. The Kier molecular flexibility index (Phi) is 5.76. The minimum atomic E-state index is -3.88. The Hall–Kier alpha value is -1.35. The number of aliphatic hydroxyl groups excluding tert-OH is 1. The number of halogens is 2. The van der Waals surface area contributed by atoms with Crippen LogP contribution in [0.2, 0.25) is 10.0 Å². The summed E-state index contributed by atoms with van der Waals surface area (Å²) in [5.41, 5.74) is 1.42. The largest absolute Gasteiger partial charge is 0.464 e. The Labute approximate surface area is 165 Å². The summed E-state index contributed by atoms with van der Waals surface area (Å²) in [6.07, 6.45) is 0.570. The van der Waals surface area contributed by atoms with Gasteiger partial charge in [-0.05, 0) is 42.8 Å². The molecule has 9 heteroatoms. The molecular weight excluding hydrogens is 417 g/mol. The molecule has 3 rings (SSSR count). The van der Waals surface area contributed by atoms with Gasteiger partial charge in [0, 0.05) is 27.4 Å². The van der Waals surface area contributed by atoms with Crippen molar-refractivity contribution in [1.82, 2.24) is 4.72 Å². The fraction of sp³-hybridized carbons (Fsp3) is 0.176. The number of aryl methyl sites for hydroxylation is 1. The molecule has 2 N–H and O–H groups in total. The quantitative estimate of drug-likeness (QED) is 0.595. The molecule has 0 saturated carbocycles. The van der Waals surface area contributed by atoms with Crippen molar-refractivity contribution in [3.05, 3.63) is 62.5 Å². The van der Waals surface area contributed by atoms with Gasteiger partial charge in [0.15, 0.2) is 0 Å². The maximum atomic E-state index is 12.5. The molecule has 0 aliphatic rings. The molecule has 0 amide bonds. The van der Waals surface area contributed by atoms with E-state index in [-0.39, 0.29) is 16.5 Å². The molecule has 0 radical (unpaired) electrons. The predicted molar refractivity (Wildman–Crippen MR) is 103 cm³/mol. The number of nitrogens with one attached hydrogen (secondary N) is 1. The van der Waals surface area contributed by atoms with Crippen LogP contribution in [-0.4, -0.2) is 20.1 Å². The van der Waals surface area contributed by atoms with E-state index in [0.717, 1.165) is 5.56 Å². The van der Waals surface area contributed by atoms with Crippen LogP contribution in [0.4, 0.5) is 0 Å². The van der Waals surface area contributed by atoms with Gasteiger partial charge in [0.25, 0.3) is 0 Å². The van der Waals surface area contributed by atoms with Crippen LogP contribution >= 0.6 is 34.5 Å². The van der Waals surface area contributed by atoms with Crippen LogP contribution in [0, 0.1) is 6.92 Å². The number of thiophene rings is 1. The van der Waals surface area contributed by atoms with Gasteiger partial charge in [0.2, 0.25) is 10.0 Å². The Balaban J connectivity index is 1.73. The molecule has 138 valence electrons. The van der Waals surface area contributed by atoms with Crippen LogP contribution in [0.25, 0.3) is 11.3 Å². The summed E-state index contributed by atoms with van der Waals surface area (Å²) >= 11 is 13.3. The van der Waals surface area contributed by atoms with Crippen molar-refractivity contribution in [3.8, 4) is 11.3 Å². The molecule has 0 fully saturated rings. The van der Waals surface area contributed by atoms with Crippen LogP contribution in [0.5, 0.6) is 0 Å². The van der Waals surface area contributed by atoms with Crippen molar-refractivity contribution in [1.29, 1.82) is 0 Å². The second kappa shape index (κ2) is 7.72. The van der Waals surface area contributed by atoms with Gasteiger partial charge in [-0.2, -0.15) is 0 Å². The summed E-state index contributed by atoms with van der Waals surface area (Å²) < 4.78 is 32.7. The summed E-state index contributed by atoms with van der Waals surface area (Å²) in [7, 11) is -3.88. The molecule has 1 unspecified atom stereocenters. The first-order chi connectivity index (χ1) is 12.3. The zero-order valence-corrected chi connectivity index (χ0v) is 16.7. The van der Waals surface area contributed by atoms with Gasteiger partial charge in [-0.1, -0.05) is 23.2 Å². The Bertz CT molecular complexity index is 1010. The topological polar surface area (TPSA) is 79.5 Å². The van der Waals surface area contributed by atoms with Crippen molar-refractivity contribution in [3.63, 3.8) is 0 Å². The van der Waals surface area contributed by atoms with Gasteiger partial charge in [0.05, 0.1) is 11.3 Å². The lowest BCUT2D eigenvalue weighted by Crippen LogP contribution is -2.28. The number of aliphatic hydroxyl groups is 1. The number of hydrogen-bond acceptors (Lipinski definition) is 5. The smallest absolute Gasteiger partial charge is 0.242 e. The molecule has 26 heavy (non-hydrogen) atoms. The second-order valence-electron chi connectivity index (χ2n) is 5.61. The lowest BCUT2D eigenvalue weighted by molar-refractivity contribution is 0.186. The van der Waals surface area contributed by atoms with Gasteiger partial charge >= 0.3 is 0 Å². The Morgan fingerprint density at radius 1 is 1.27 bits per heavy atom. The third kappa shape index (κ3) is 4.14. The highest BCUT2D eigenvalue weighted by Gasteiger charge is 2.21. The number of rotatable bonds is 6. The van der Waals surface area contributed by atoms with Gasteiger partial charge in [-0.25, -0.2) is 13.1 Å². The highest BCUT2D eigenvalue weighted by molar-refractivity contribution is 7.89. The predicted octanol–water partition coefficient (Wildman–Crippen LogP) is 4.64. The van der Waals surface area contributed by atoms with E-state index < -0.39 is 16.1 Å². The Morgan fingerprint density at radius 3 is 2.73 bits per heavy atom. The van der Waals surface area contributed by atoms with Crippen molar-refractivity contribution in [2.75, 3.05) is 6.54 Å². The van der Waals surface area contributed by atoms with E-state index in [1.165, 1.54) is 23.5 Å². The molecule has 1 aromatic carbocycles. The van der Waals surface area contributed by atoms with Gasteiger partial charge in [-0.15, -0.1) is 11.3 Å². The minimum Gasteiger partial charge on any atom is -0.464 e. The highest BCUT2D eigenvalue weighted by Crippen LogP contribution is 2.31. The average Bonchev–Trinajstić information content (AvgIpc) is 3.26. The zero-order valence-electron chi connectivity index (χ0n) is 13.6. The van der Waals surface area contributed by atoms with E-state index in [9.17, 15) is 13.5 Å². The second-order valence-corrected chi connectivity index (χ2v) is 9.11. The van der Waals surface area contributed by atoms with E-state index in [4.69, 9.17) is 27.6 Å². The lowest BCUT2D eigenvalue weighted by atomic mass is 10.2. The van der Waals surface area contributed by atoms with Crippen molar-refractivity contribution >= 4 is 44.6 Å². The molecule has 0 aliphatic carbocycles. The maximum absolute atomic E-state index is 12.5. The molecule has 1 atom stereocenters. The molecule has 5 nitrogen and oxygen atoms in total. The van der Waals surface area contributed by atoms with E-state index in [0.29, 0.717) is 21.2 Å². The first-order valence-corrected chi connectivity index (χ1v) is 10.7. The summed E-state index contributed by atoms with van der Waals surface area (Å²) in [5.74, 6) is 0.684. The van der Waals surface area contributed by atoms with E-state index in [1.807, 2.05) is 11.4 Å². The third-order valence-corrected chi connectivity index (χ3v) is 7.05. The van der Waals surface area contributed by atoms with Crippen LogP contribution in [0.1, 0.15) is 16.5 Å². The monoisotopic (exact) mass is 431 g/mol. The van der Waals surface area contributed by atoms with Gasteiger partial charge in [-0.3, -0.25) is 0 Å². The fourth-order valence-electron chi connectivity index (χ4n) is 2.30. The van der Waals surface area contributed by atoms with E-state index in [2.05, 4.69) is 4.72 Å². The van der Waals surface area contributed by atoms with Crippen LogP contribution in [0.15, 0.2) is 51.3 Å². The van der Waals surface area contributed by atoms with E-state index in [1.54, 1.807) is 25.3 Å². The number of benzene rings is 1.